The molecule has 3 rings (SSSR count). The molecule has 0 saturated heterocycles. The Bertz CT molecular complexity index is 718. The van der Waals surface area contributed by atoms with Crippen molar-refractivity contribution < 1.29 is 4.74 Å². The van der Waals surface area contributed by atoms with Crippen LogP contribution in [0.1, 0.15) is 109 Å². The van der Waals surface area contributed by atoms with Gasteiger partial charge < -0.3 is 4.74 Å². The summed E-state index contributed by atoms with van der Waals surface area (Å²) >= 11 is 0. The van der Waals surface area contributed by atoms with Crippen molar-refractivity contribution in [2.75, 3.05) is 6.61 Å². The number of rotatable bonds is 13. The molecule has 0 N–H and O–H groups in total. The quantitative estimate of drug-likeness (QED) is 0.304. The van der Waals surface area contributed by atoms with Gasteiger partial charge in [-0.2, -0.15) is 0 Å². The van der Waals surface area contributed by atoms with E-state index in [1.807, 2.05) is 12.1 Å². The lowest BCUT2D eigenvalue weighted by Crippen LogP contribution is -2.13. The highest BCUT2D eigenvalue weighted by Crippen LogP contribution is 2.37. The molecule has 1 aliphatic carbocycles. The molecule has 1 aromatic heterocycles. The van der Waals surface area contributed by atoms with E-state index in [2.05, 4.69) is 48.3 Å². The Labute approximate surface area is 190 Å². The number of hydrogen-bond acceptors (Lipinski definition) is 3. The summed E-state index contributed by atoms with van der Waals surface area (Å²) in [4.78, 5) is 9.35. The zero-order chi connectivity index (χ0) is 21.7. The van der Waals surface area contributed by atoms with Crippen LogP contribution in [-0.2, 0) is 0 Å². The third kappa shape index (κ3) is 7.94. The largest absolute Gasteiger partial charge is 0.494 e. The van der Waals surface area contributed by atoms with Gasteiger partial charge in [-0.05, 0) is 73.8 Å². The van der Waals surface area contributed by atoms with Gasteiger partial charge in [0.05, 0.1) is 6.61 Å². The van der Waals surface area contributed by atoms with Crippen molar-refractivity contribution in [3.05, 3.63) is 42.2 Å². The minimum Gasteiger partial charge on any atom is -0.494 e. The van der Waals surface area contributed by atoms with Gasteiger partial charge in [-0.15, -0.1) is 0 Å². The van der Waals surface area contributed by atoms with Crippen molar-refractivity contribution >= 4 is 0 Å². The van der Waals surface area contributed by atoms with Gasteiger partial charge >= 0.3 is 0 Å². The first-order chi connectivity index (χ1) is 15.3. The number of unbranched alkanes of at least 4 members (excludes halogenated alkanes) is 6. The fraction of sp³-hybridized carbons (Fsp3) is 0.643. The highest BCUT2D eigenvalue weighted by molar-refractivity contribution is 5.56. The lowest BCUT2D eigenvalue weighted by molar-refractivity contribution is 0.304. The average molecular weight is 423 g/mol. The van der Waals surface area contributed by atoms with E-state index < -0.39 is 0 Å². The molecule has 0 bridgehead atoms. The number of aromatic nitrogens is 2. The molecule has 1 heterocycles. The van der Waals surface area contributed by atoms with Gasteiger partial charge in [0.2, 0.25) is 0 Å². The second-order valence-electron chi connectivity index (χ2n) is 9.34. The second-order valence-corrected chi connectivity index (χ2v) is 9.34. The van der Waals surface area contributed by atoms with Crippen molar-refractivity contribution in [1.29, 1.82) is 0 Å². The normalized spacial score (nSPS) is 18.8. The van der Waals surface area contributed by atoms with Crippen LogP contribution in [0.2, 0.25) is 0 Å². The van der Waals surface area contributed by atoms with Gasteiger partial charge in [0.1, 0.15) is 5.75 Å². The first-order valence-corrected chi connectivity index (χ1v) is 12.8. The maximum absolute atomic E-state index is 5.91. The number of benzene rings is 1. The van der Waals surface area contributed by atoms with Gasteiger partial charge in [0.15, 0.2) is 5.82 Å². The molecule has 0 unspecified atom stereocenters. The van der Waals surface area contributed by atoms with E-state index in [0.717, 1.165) is 36.1 Å². The zero-order valence-corrected chi connectivity index (χ0v) is 19.8. The van der Waals surface area contributed by atoms with Crippen LogP contribution in [0, 0.1) is 5.92 Å². The van der Waals surface area contributed by atoms with E-state index in [4.69, 9.17) is 4.74 Å². The number of hydrogen-bond donors (Lipinski definition) is 0. The van der Waals surface area contributed by atoms with Crippen LogP contribution in [-0.4, -0.2) is 16.6 Å². The SMILES string of the molecule is CCCCCCCCCOc1ccc(-c2ncc([C@H]3CC[C@H](CCC)CC3)cn2)cc1. The summed E-state index contributed by atoms with van der Waals surface area (Å²) in [5, 5.41) is 0. The first-order valence-electron chi connectivity index (χ1n) is 12.8. The summed E-state index contributed by atoms with van der Waals surface area (Å²) in [5.41, 5.74) is 2.37. The van der Waals surface area contributed by atoms with Gasteiger partial charge in [0, 0.05) is 18.0 Å². The standard InChI is InChI=1S/C28H42N2O/c1-3-5-6-7-8-9-10-20-31-27-18-16-25(17-19-27)28-29-21-26(22-30-28)24-14-12-23(11-4-2)13-15-24/h16-19,21-24H,3-15,20H2,1-2H3/t23-,24-. The Morgan fingerprint density at radius 3 is 2.06 bits per heavy atom. The molecule has 1 saturated carbocycles. The molecule has 3 nitrogen and oxygen atoms in total. The third-order valence-corrected chi connectivity index (χ3v) is 6.82. The van der Waals surface area contributed by atoms with Crippen LogP contribution in [0.25, 0.3) is 11.4 Å². The van der Waals surface area contributed by atoms with Crippen LogP contribution in [0.3, 0.4) is 0 Å². The van der Waals surface area contributed by atoms with Crippen LogP contribution in [0.5, 0.6) is 5.75 Å². The summed E-state index contributed by atoms with van der Waals surface area (Å²) in [5.74, 6) is 3.33. The second kappa shape index (κ2) is 13.5. The molecular weight excluding hydrogens is 380 g/mol. The number of nitrogens with zero attached hydrogens (tertiary/aromatic N) is 2. The lowest BCUT2D eigenvalue weighted by atomic mass is 9.78. The third-order valence-electron chi connectivity index (χ3n) is 6.82. The van der Waals surface area contributed by atoms with Crippen LogP contribution in [0.15, 0.2) is 36.7 Å². The predicted molar refractivity (Wildman–Crippen MR) is 131 cm³/mol. The fourth-order valence-corrected chi connectivity index (χ4v) is 4.84. The van der Waals surface area contributed by atoms with Crippen molar-refractivity contribution in [1.82, 2.24) is 9.97 Å². The zero-order valence-electron chi connectivity index (χ0n) is 19.8. The lowest BCUT2D eigenvalue weighted by Gasteiger charge is -2.28. The van der Waals surface area contributed by atoms with E-state index in [0.29, 0.717) is 5.92 Å². The average Bonchev–Trinajstić information content (AvgIpc) is 2.82. The topological polar surface area (TPSA) is 35.0 Å². The molecule has 0 atom stereocenters. The maximum Gasteiger partial charge on any atom is 0.159 e. The van der Waals surface area contributed by atoms with E-state index in [9.17, 15) is 0 Å². The smallest absolute Gasteiger partial charge is 0.159 e. The van der Waals surface area contributed by atoms with E-state index in [1.165, 1.54) is 82.6 Å². The Balaban J connectivity index is 1.40. The monoisotopic (exact) mass is 422 g/mol. The van der Waals surface area contributed by atoms with Crippen LogP contribution < -0.4 is 4.74 Å². The Morgan fingerprint density at radius 1 is 0.774 bits per heavy atom. The highest BCUT2D eigenvalue weighted by atomic mass is 16.5. The molecule has 170 valence electrons. The van der Waals surface area contributed by atoms with Gasteiger partial charge in [-0.3, -0.25) is 0 Å². The van der Waals surface area contributed by atoms with Gasteiger partial charge in [-0.1, -0.05) is 65.2 Å². The molecule has 2 aromatic rings. The van der Waals surface area contributed by atoms with Crippen molar-refractivity contribution in [2.24, 2.45) is 5.92 Å². The van der Waals surface area contributed by atoms with Crippen molar-refractivity contribution in [2.45, 2.75) is 103 Å². The first kappa shape index (κ1) is 23.8. The Kier molecular flexibility index (Phi) is 10.3. The maximum atomic E-state index is 5.91. The van der Waals surface area contributed by atoms with Crippen molar-refractivity contribution in [3.8, 4) is 17.1 Å². The summed E-state index contributed by atoms with van der Waals surface area (Å²) in [6, 6.07) is 8.24. The predicted octanol–water partition coefficient (Wildman–Crippen LogP) is 8.35. The minimum absolute atomic E-state index is 0.643. The molecule has 1 aromatic carbocycles. The Morgan fingerprint density at radius 2 is 1.42 bits per heavy atom. The summed E-state index contributed by atoms with van der Waals surface area (Å²) < 4.78 is 5.91. The molecule has 0 amide bonds. The van der Waals surface area contributed by atoms with E-state index in [-0.39, 0.29) is 0 Å². The van der Waals surface area contributed by atoms with Crippen LogP contribution in [0.4, 0.5) is 0 Å². The molecule has 0 spiro atoms. The molecule has 3 heteroatoms. The molecule has 0 radical (unpaired) electrons. The van der Waals surface area contributed by atoms with E-state index in [1.54, 1.807) is 0 Å². The van der Waals surface area contributed by atoms with Gasteiger partial charge in [0.25, 0.3) is 0 Å². The summed E-state index contributed by atoms with van der Waals surface area (Å²) in [6.07, 6.45) is 21.3. The Hall–Kier alpha value is -1.90. The molecule has 1 fully saturated rings. The molecule has 0 aliphatic heterocycles. The fourth-order valence-electron chi connectivity index (χ4n) is 4.84. The minimum atomic E-state index is 0.643. The van der Waals surface area contributed by atoms with Crippen LogP contribution >= 0.6 is 0 Å². The van der Waals surface area contributed by atoms with E-state index >= 15 is 0 Å². The van der Waals surface area contributed by atoms with Crippen molar-refractivity contribution in [3.63, 3.8) is 0 Å². The summed E-state index contributed by atoms with van der Waals surface area (Å²) in [6.45, 7) is 5.37. The molecule has 1 aliphatic rings. The highest BCUT2D eigenvalue weighted by Gasteiger charge is 2.22. The molecular formula is C28H42N2O. The summed E-state index contributed by atoms with van der Waals surface area (Å²) in [7, 11) is 0. The van der Waals surface area contributed by atoms with Gasteiger partial charge in [-0.25, -0.2) is 9.97 Å². The number of ether oxygens (including phenoxy) is 1. The molecule has 31 heavy (non-hydrogen) atoms.